The maximum Gasteiger partial charge on any atom is 0.416 e. The monoisotopic (exact) mass is 537 g/mol. The van der Waals surface area contributed by atoms with Gasteiger partial charge in [-0.3, -0.25) is 14.6 Å². The molecular formula is C31H34F3N3O2. The van der Waals surface area contributed by atoms with Crippen molar-refractivity contribution in [2.24, 2.45) is 0 Å². The molecule has 5 rings (SSSR count). The molecule has 8 heteroatoms. The van der Waals surface area contributed by atoms with Crippen molar-refractivity contribution in [3.05, 3.63) is 101 Å². The summed E-state index contributed by atoms with van der Waals surface area (Å²) in [5.74, 6) is 0.550. The molecule has 2 atom stereocenters. The van der Waals surface area contributed by atoms with Crippen LogP contribution >= 0.6 is 0 Å². The number of ether oxygens (including phenoxy) is 1. The summed E-state index contributed by atoms with van der Waals surface area (Å²) >= 11 is 0. The van der Waals surface area contributed by atoms with Crippen molar-refractivity contribution in [3.63, 3.8) is 0 Å². The number of carbonyl (C=O) groups excluding carboxylic acids is 1. The molecule has 3 aromatic carbocycles. The SMILES string of the molecule is COc1ccc(C(F)(F)F)cc1CN1C[C@@H]2CN(C(C)=O)CCN2[C@H](C(c2ccccc2)c2ccccc2)C1. The van der Waals surface area contributed by atoms with E-state index in [0.29, 0.717) is 44.0 Å². The number of nitrogens with zero attached hydrogens (tertiary/aromatic N) is 3. The summed E-state index contributed by atoms with van der Waals surface area (Å²) in [6.07, 6.45) is -4.43. The van der Waals surface area contributed by atoms with Gasteiger partial charge in [0.2, 0.25) is 5.91 Å². The number of fused-ring (bicyclic) bond motifs is 1. The van der Waals surface area contributed by atoms with E-state index in [1.165, 1.54) is 30.4 Å². The predicted molar refractivity (Wildman–Crippen MR) is 145 cm³/mol. The molecule has 2 heterocycles. The zero-order valence-electron chi connectivity index (χ0n) is 22.3. The lowest BCUT2D eigenvalue weighted by Gasteiger charge is -2.53. The predicted octanol–water partition coefficient (Wildman–Crippen LogP) is 5.26. The third-order valence-corrected chi connectivity index (χ3v) is 8.02. The van der Waals surface area contributed by atoms with Crippen LogP contribution in [0.1, 0.15) is 35.1 Å². The summed E-state index contributed by atoms with van der Waals surface area (Å²) in [4.78, 5) is 18.9. The molecule has 2 fully saturated rings. The van der Waals surface area contributed by atoms with Gasteiger partial charge >= 0.3 is 6.18 Å². The number of carbonyl (C=O) groups is 1. The Morgan fingerprint density at radius 2 is 1.56 bits per heavy atom. The summed E-state index contributed by atoms with van der Waals surface area (Å²) in [6, 6.07) is 24.6. The lowest BCUT2D eigenvalue weighted by Crippen LogP contribution is -2.67. The molecule has 0 aromatic heterocycles. The van der Waals surface area contributed by atoms with E-state index < -0.39 is 11.7 Å². The summed E-state index contributed by atoms with van der Waals surface area (Å²) in [5.41, 5.74) is 2.22. The first kappa shape index (κ1) is 27.2. The van der Waals surface area contributed by atoms with Crippen molar-refractivity contribution in [3.8, 4) is 5.75 Å². The summed E-state index contributed by atoms with van der Waals surface area (Å²) in [7, 11) is 1.49. The van der Waals surface area contributed by atoms with Gasteiger partial charge in [0.1, 0.15) is 5.75 Å². The first-order valence-corrected chi connectivity index (χ1v) is 13.3. The Balaban J connectivity index is 1.53. The van der Waals surface area contributed by atoms with Crippen LogP contribution in [0.3, 0.4) is 0 Å². The topological polar surface area (TPSA) is 36.0 Å². The van der Waals surface area contributed by atoms with Gasteiger partial charge in [-0.15, -0.1) is 0 Å². The fraction of sp³-hybridized carbons (Fsp3) is 0.387. The molecule has 3 aromatic rings. The van der Waals surface area contributed by atoms with Crippen molar-refractivity contribution in [1.29, 1.82) is 0 Å². The van der Waals surface area contributed by atoms with E-state index in [-0.39, 0.29) is 23.9 Å². The molecule has 0 saturated carbocycles. The fourth-order valence-electron chi connectivity index (χ4n) is 6.20. The molecule has 39 heavy (non-hydrogen) atoms. The summed E-state index contributed by atoms with van der Waals surface area (Å²) in [5, 5.41) is 0. The molecule has 206 valence electrons. The molecule has 1 amide bonds. The fourth-order valence-corrected chi connectivity index (χ4v) is 6.20. The third kappa shape index (κ3) is 5.97. The normalized spacial score (nSPS) is 20.6. The Bertz CT molecular complexity index is 1230. The van der Waals surface area contributed by atoms with Crippen molar-refractivity contribution < 1.29 is 22.7 Å². The molecule has 0 aliphatic carbocycles. The van der Waals surface area contributed by atoms with E-state index in [1.807, 2.05) is 41.3 Å². The highest BCUT2D eigenvalue weighted by Gasteiger charge is 2.43. The van der Waals surface area contributed by atoms with Crippen LogP contribution in [0.2, 0.25) is 0 Å². The minimum absolute atomic E-state index is 0.0468. The number of rotatable bonds is 6. The molecule has 2 saturated heterocycles. The van der Waals surface area contributed by atoms with E-state index in [4.69, 9.17) is 4.74 Å². The number of hydrogen-bond acceptors (Lipinski definition) is 4. The second-order valence-corrected chi connectivity index (χ2v) is 10.4. The van der Waals surface area contributed by atoms with Crippen LogP contribution in [-0.2, 0) is 17.5 Å². The molecule has 0 spiro atoms. The van der Waals surface area contributed by atoms with Gasteiger partial charge in [-0.1, -0.05) is 60.7 Å². The van der Waals surface area contributed by atoms with E-state index >= 15 is 0 Å². The van der Waals surface area contributed by atoms with Gasteiger partial charge in [0.05, 0.1) is 12.7 Å². The first-order valence-electron chi connectivity index (χ1n) is 13.3. The number of halogens is 3. The van der Waals surface area contributed by atoms with Gasteiger partial charge in [-0.2, -0.15) is 13.2 Å². The highest BCUT2D eigenvalue weighted by atomic mass is 19.4. The van der Waals surface area contributed by atoms with Crippen LogP contribution < -0.4 is 4.74 Å². The van der Waals surface area contributed by atoms with Gasteiger partial charge in [-0.05, 0) is 29.3 Å². The zero-order valence-corrected chi connectivity index (χ0v) is 22.3. The number of amides is 1. The molecule has 5 nitrogen and oxygen atoms in total. The lowest BCUT2D eigenvalue weighted by atomic mass is 9.81. The molecule has 2 aliphatic rings. The smallest absolute Gasteiger partial charge is 0.416 e. The second-order valence-electron chi connectivity index (χ2n) is 10.4. The average Bonchev–Trinajstić information content (AvgIpc) is 2.93. The number of piperazine rings is 2. The van der Waals surface area contributed by atoms with Crippen LogP contribution in [0.4, 0.5) is 13.2 Å². The van der Waals surface area contributed by atoms with E-state index in [2.05, 4.69) is 34.1 Å². The largest absolute Gasteiger partial charge is 0.496 e. The van der Waals surface area contributed by atoms with Gasteiger partial charge in [0.15, 0.2) is 0 Å². The molecule has 0 N–H and O–H groups in total. The van der Waals surface area contributed by atoms with Crippen LogP contribution in [0.15, 0.2) is 78.9 Å². The third-order valence-electron chi connectivity index (χ3n) is 8.02. The quantitative estimate of drug-likeness (QED) is 0.430. The Hall–Kier alpha value is -3.36. The summed E-state index contributed by atoms with van der Waals surface area (Å²) < 4.78 is 46.2. The number of alkyl halides is 3. The van der Waals surface area contributed by atoms with Crippen molar-refractivity contribution in [2.45, 2.75) is 37.6 Å². The highest BCUT2D eigenvalue weighted by molar-refractivity contribution is 5.73. The number of benzene rings is 3. The van der Waals surface area contributed by atoms with Crippen molar-refractivity contribution in [1.82, 2.24) is 14.7 Å². The average molecular weight is 538 g/mol. The van der Waals surface area contributed by atoms with E-state index in [9.17, 15) is 18.0 Å². The van der Waals surface area contributed by atoms with Crippen LogP contribution in [-0.4, -0.2) is 72.5 Å². The van der Waals surface area contributed by atoms with E-state index in [1.54, 1.807) is 6.92 Å². The Kier molecular flexibility index (Phi) is 7.96. The Morgan fingerprint density at radius 3 is 2.13 bits per heavy atom. The Morgan fingerprint density at radius 1 is 0.923 bits per heavy atom. The van der Waals surface area contributed by atoms with Crippen LogP contribution in [0.5, 0.6) is 5.75 Å². The van der Waals surface area contributed by atoms with Crippen LogP contribution in [0, 0.1) is 0 Å². The maximum atomic E-state index is 13.6. The summed E-state index contributed by atoms with van der Waals surface area (Å²) in [6.45, 7) is 5.26. The molecule has 0 bridgehead atoms. The lowest BCUT2D eigenvalue weighted by molar-refractivity contribution is -0.137. The molecule has 0 unspecified atom stereocenters. The van der Waals surface area contributed by atoms with Crippen molar-refractivity contribution in [2.75, 3.05) is 39.8 Å². The van der Waals surface area contributed by atoms with Gasteiger partial charge < -0.3 is 9.64 Å². The zero-order chi connectivity index (χ0) is 27.6. The van der Waals surface area contributed by atoms with Gasteiger partial charge in [-0.25, -0.2) is 0 Å². The highest BCUT2D eigenvalue weighted by Crippen LogP contribution is 2.37. The number of methoxy groups -OCH3 is 1. The standard InChI is InChI=1S/C31H34F3N3O2/c1-22(38)36-15-16-37-27(20-36)19-35(18-25-17-26(31(32,33)34)13-14-29(25)39-2)21-28(37)30(23-9-5-3-6-10-23)24-11-7-4-8-12-24/h3-14,17,27-28,30H,15-16,18-21H2,1-2H3/t27-,28+/m1/s1. The van der Waals surface area contributed by atoms with Crippen molar-refractivity contribution >= 4 is 5.91 Å². The number of hydrogen-bond donors (Lipinski definition) is 0. The van der Waals surface area contributed by atoms with E-state index in [0.717, 1.165) is 12.6 Å². The van der Waals surface area contributed by atoms with Gasteiger partial charge in [0.25, 0.3) is 0 Å². The van der Waals surface area contributed by atoms with Crippen LogP contribution in [0.25, 0.3) is 0 Å². The molecule has 2 aliphatic heterocycles. The maximum absolute atomic E-state index is 13.6. The molecule has 0 radical (unpaired) electrons. The minimum atomic E-state index is -4.43. The second kappa shape index (κ2) is 11.4. The Labute approximate surface area is 227 Å². The minimum Gasteiger partial charge on any atom is -0.496 e. The first-order chi connectivity index (χ1) is 18.7. The molecular weight excluding hydrogens is 503 g/mol. The van der Waals surface area contributed by atoms with Gasteiger partial charge in [0, 0.05) is 69.8 Å².